The zero-order chi connectivity index (χ0) is 19.6. The van der Waals surface area contributed by atoms with E-state index in [0.717, 1.165) is 31.2 Å². The van der Waals surface area contributed by atoms with Gasteiger partial charge in [-0.15, -0.1) is 0 Å². The molecule has 1 amide bonds. The lowest BCUT2D eigenvalue weighted by Gasteiger charge is -2.55. The Bertz CT molecular complexity index is 747. The standard InChI is InChI=1S/C20H30N2O4S/c1-3-27(25,26)22-18(13-21(15(2)24)17-11-7-8-12-17)20(19(22)14-23)16-9-5-4-6-10-16/h4-6,9-10,17-20,23H,3,7-8,11-14H2,1-2H3/t18-,19-,20-/m1/s1. The summed E-state index contributed by atoms with van der Waals surface area (Å²) in [6.45, 7) is 3.35. The van der Waals surface area contributed by atoms with E-state index in [4.69, 9.17) is 0 Å². The molecule has 1 saturated heterocycles. The highest BCUT2D eigenvalue weighted by Crippen LogP contribution is 2.43. The Labute approximate surface area is 162 Å². The summed E-state index contributed by atoms with van der Waals surface area (Å²) in [7, 11) is -3.47. The predicted molar refractivity (Wildman–Crippen MR) is 105 cm³/mol. The second-order valence-corrected chi connectivity index (χ2v) is 9.76. The number of nitrogens with zero attached hydrogens (tertiary/aromatic N) is 2. The summed E-state index contributed by atoms with van der Waals surface area (Å²) in [4.78, 5) is 14.2. The number of hydrogen-bond donors (Lipinski definition) is 1. The molecule has 0 aromatic heterocycles. The third-order valence-electron chi connectivity index (χ3n) is 6.09. The maximum atomic E-state index is 12.7. The Kier molecular flexibility index (Phi) is 6.23. The molecular formula is C20H30N2O4S. The van der Waals surface area contributed by atoms with Crippen molar-refractivity contribution < 1.29 is 18.3 Å². The highest BCUT2D eigenvalue weighted by Gasteiger charge is 2.54. The molecule has 0 spiro atoms. The Balaban J connectivity index is 1.93. The number of carbonyl (C=O) groups excluding carboxylic acids is 1. The molecule has 0 radical (unpaired) electrons. The topological polar surface area (TPSA) is 77.9 Å². The highest BCUT2D eigenvalue weighted by atomic mass is 32.2. The van der Waals surface area contributed by atoms with Crippen LogP contribution in [0.4, 0.5) is 0 Å². The maximum Gasteiger partial charge on any atom is 0.219 e. The van der Waals surface area contributed by atoms with Crippen molar-refractivity contribution in [3.8, 4) is 0 Å². The van der Waals surface area contributed by atoms with Gasteiger partial charge in [-0.05, 0) is 25.3 Å². The zero-order valence-corrected chi connectivity index (χ0v) is 16.9. The van der Waals surface area contributed by atoms with Crippen LogP contribution in [0.25, 0.3) is 0 Å². The molecule has 27 heavy (non-hydrogen) atoms. The van der Waals surface area contributed by atoms with Gasteiger partial charge in [-0.25, -0.2) is 8.42 Å². The zero-order valence-electron chi connectivity index (χ0n) is 16.1. The smallest absolute Gasteiger partial charge is 0.219 e. The van der Waals surface area contributed by atoms with Gasteiger partial charge in [-0.2, -0.15) is 4.31 Å². The number of amides is 1. The molecule has 2 aliphatic rings. The molecule has 7 heteroatoms. The van der Waals surface area contributed by atoms with E-state index in [1.54, 1.807) is 13.8 Å². The van der Waals surface area contributed by atoms with E-state index in [1.165, 1.54) is 4.31 Å². The quantitative estimate of drug-likeness (QED) is 0.767. The van der Waals surface area contributed by atoms with Crippen molar-refractivity contribution in [1.82, 2.24) is 9.21 Å². The number of rotatable bonds is 7. The number of sulfonamides is 1. The molecule has 1 aromatic rings. The molecule has 3 rings (SSSR count). The molecule has 0 unspecified atom stereocenters. The summed E-state index contributed by atoms with van der Waals surface area (Å²) in [6.07, 6.45) is 4.17. The lowest BCUT2D eigenvalue weighted by Crippen LogP contribution is -2.69. The summed E-state index contributed by atoms with van der Waals surface area (Å²) in [5.41, 5.74) is 1.01. The molecule has 3 atom stereocenters. The van der Waals surface area contributed by atoms with E-state index in [1.807, 2.05) is 35.2 Å². The minimum atomic E-state index is -3.47. The van der Waals surface area contributed by atoms with E-state index < -0.39 is 16.1 Å². The number of aliphatic hydroxyl groups is 1. The SMILES string of the molecule is CCS(=O)(=O)N1[C@H](CO)[C@H](c2ccccc2)[C@H]1CN(C(C)=O)C1CCCC1. The molecule has 1 aliphatic heterocycles. The molecule has 2 fully saturated rings. The average molecular weight is 395 g/mol. The number of aliphatic hydroxyl groups excluding tert-OH is 1. The van der Waals surface area contributed by atoms with Crippen molar-refractivity contribution in [2.45, 2.75) is 63.6 Å². The van der Waals surface area contributed by atoms with Crippen molar-refractivity contribution in [2.24, 2.45) is 0 Å². The normalized spacial score (nSPS) is 26.7. The first kappa shape index (κ1) is 20.3. The van der Waals surface area contributed by atoms with E-state index in [2.05, 4.69) is 0 Å². The van der Waals surface area contributed by atoms with Crippen molar-refractivity contribution in [2.75, 3.05) is 18.9 Å². The number of hydrogen-bond acceptors (Lipinski definition) is 4. The molecule has 1 heterocycles. The third-order valence-corrected chi connectivity index (χ3v) is 8.01. The van der Waals surface area contributed by atoms with E-state index in [0.29, 0.717) is 6.54 Å². The van der Waals surface area contributed by atoms with Crippen LogP contribution in [-0.2, 0) is 14.8 Å². The first-order valence-corrected chi connectivity index (χ1v) is 11.5. The van der Waals surface area contributed by atoms with Crippen LogP contribution >= 0.6 is 0 Å². The van der Waals surface area contributed by atoms with Crippen LogP contribution in [0.2, 0.25) is 0 Å². The van der Waals surface area contributed by atoms with Crippen LogP contribution in [0.5, 0.6) is 0 Å². The Morgan fingerprint density at radius 2 is 1.81 bits per heavy atom. The predicted octanol–water partition coefficient (Wildman–Crippen LogP) is 1.96. The minimum Gasteiger partial charge on any atom is -0.395 e. The van der Waals surface area contributed by atoms with Gasteiger partial charge in [-0.3, -0.25) is 4.79 Å². The fourth-order valence-corrected chi connectivity index (χ4v) is 6.26. The van der Waals surface area contributed by atoms with Gasteiger partial charge in [0.15, 0.2) is 0 Å². The largest absolute Gasteiger partial charge is 0.395 e. The lowest BCUT2D eigenvalue weighted by molar-refractivity contribution is -0.133. The van der Waals surface area contributed by atoms with Crippen molar-refractivity contribution in [3.63, 3.8) is 0 Å². The van der Waals surface area contributed by atoms with Crippen LogP contribution in [0.3, 0.4) is 0 Å². The minimum absolute atomic E-state index is 0.00462. The van der Waals surface area contributed by atoms with Gasteiger partial charge >= 0.3 is 0 Å². The fraction of sp³-hybridized carbons (Fsp3) is 0.650. The number of benzene rings is 1. The van der Waals surface area contributed by atoms with Crippen LogP contribution in [0.15, 0.2) is 30.3 Å². The van der Waals surface area contributed by atoms with Crippen molar-refractivity contribution in [1.29, 1.82) is 0 Å². The Morgan fingerprint density at radius 3 is 2.33 bits per heavy atom. The maximum absolute atomic E-state index is 12.7. The molecule has 150 valence electrons. The van der Waals surface area contributed by atoms with Gasteiger partial charge < -0.3 is 10.0 Å². The first-order valence-electron chi connectivity index (χ1n) is 9.85. The lowest BCUT2D eigenvalue weighted by atomic mass is 9.77. The first-order chi connectivity index (χ1) is 12.9. The molecule has 0 bridgehead atoms. The van der Waals surface area contributed by atoms with E-state index in [9.17, 15) is 18.3 Å². The fourth-order valence-electron chi connectivity index (χ4n) is 4.74. The molecule has 1 saturated carbocycles. The van der Waals surface area contributed by atoms with E-state index in [-0.39, 0.29) is 36.3 Å². The second kappa shape index (κ2) is 8.29. The highest BCUT2D eigenvalue weighted by molar-refractivity contribution is 7.89. The Hall–Kier alpha value is -1.44. The Morgan fingerprint density at radius 1 is 1.19 bits per heavy atom. The molecule has 1 aromatic carbocycles. The van der Waals surface area contributed by atoms with Crippen molar-refractivity contribution >= 4 is 15.9 Å². The number of carbonyl (C=O) groups is 1. The molecule has 1 N–H and O–H groups in total. The summed E-state index contributed by atoms with van der Waals surface area (Å²) in [5.74, 6) is -0.124. The second-order valence-electron chi connectivity index (χ2n) is 7.59. The third kappa shape index (κ3) is 3.91. The molecule has 6 nitrogen and oxygen atoms in total. The van der Waals surface area contributed by atoms with Gasteiger partial charge in [0.05, 0.1) is 24.4 Å². The van der Waals surface area contributed by atoms with Crippen molar-refractivity contribution in [3.05, 3.63) is 35.9 Å². The van der Waals surface area contributed by atoms with Crippen LogP contribution < -0.4 is 0 Å². The van der Waals surface area contributed by atoms with Crippen LogP contribution in [0.1, 0.15) is 51.0 Å². The average Bonchev–Trinajstić information content (AvgIpc) is 3.15. The summed E-state index contributed by atoms with van der Waals surface area (Å²) < 4.78 is 26.9. The van der Waals surface area contributed by atoms with Gasteiger partial charge in [0.25, 0.3) is 0 Å². The van der Waals surface area contributed by atoms with Crippen LogP contribution in [0, 0.1) is 0 Å². The summed E-state index contributed by atoms with van der Waals surface area (Å²) >= 11 is 0. The van der Waals surface area contributed by atoms with Gasteiger partial charge in [-0.1, -0.05) is 43.2 Å². The van der Waals surface area contributed by atoms with Crippen LogP contribution in [-0.4, -0.2) is 65.7 Å². The van der Waals surface area contributed by atoms with E-state index >= 15 is 0 Å². The van der Waals surface area contributed by atoms with Gasteiger partial charge in [0, 0.05) is 25.4 Å². The summed E-state index contributed by atoms with van der Waals surface area (Å²) in [5, 5.41) is 9.93. The monoisotopic (exact) mass is 394 g/mol. The molecule has 1 aliphatic carbocycles. The van der Waals surface area contributed by atoms with Gasteiger partial charge in [0.1, 0.15) is 0 Å². The van der Waals surface area contributed by atoms with Gasteiger partial charge in [0.2, 0.25) is 15.9 Å². The molecular weight excluding hydrogens is 364 g/mol. The summed E-state index contributed by atoms with van der Waals surface area (Å²) in [6, 6.07) is 9.12.